The second kappa shape index (κ2) is 13.2. The van der Waals surface area contributed by atoms with Crippen LogP contribution in [0.4, 0.5) is 0 Å². The molecule has 56 heavy (non-hydrogen) atoms. The number of thiophene rings is 1. The van der Waals surface area contributed by atoms with Gasteiger partial charge in [0.15, 0.2) is 23.3 Å². The molecular formula is C49H29N5OS. The highest BCUT2D eigenvalue weighted by molar-refractivity contribution is 7.26. The lowest BCUT2D eigenvalue weighted by Gasteiger charge is -2.10. The summed E-state index contributed by atoms with van der Waals surface area (Å²) in [5.41, 5.74) is 10.2. The fourth-order valence-electron chi connectivity index (χ4n) is 7.47. The number of benzene rings is 7. The number of aromatic nitrogens is 5. The predicted molar refractivity (Wildman–Crippen MR) is 228 cm³/mol. The van der Waals surface area contributed by atoms with Crippen molar-refractivity contribution in [1.29, 1.82) is 0 Å². The van der Waals surface area contributed by atoms with Gasteiger partial charge in [-0.2, -0.15) is 0 Å². The lowest BCUT2D eigenvalue weighted by molar-refractivity contribution is 0.669. The van der Waals surface area contributed by atoms with Gasteiger partial charge in [-0.05, 0) is 41.5 Å². The normalized spacial score (nSPS) is 11.6. The van der Waals surface area contributed by atoms with Gasteiger partial charge in [-0.15, -0.1) is 11.3 Å². The molecule has 262 valence electrons. The average Bonchev–Trinajstić information content (AvgIpc) is 3.85. The molecule has 0 fully saturated rings. The molecule has 0 aliphatic rings. The van der Waals surface area contributed by atoms with Crippen molar-refractivity contribution in [3.63, 3.8) is 0 Å². The molecule has 6 nitrogen and oxygen atoms in total. The first-order chi connectivity index (χ1) is 27.7. The Labute approximate surface area is 325 Å². The molecule has 0 unspecified atom stereocenters. The van der Waals surface area contributed by atoms with Crippen molar-refractivity contribution in [3.8, 4) is 67.9 Å². The number of nitrogens with zero attached hydrogens (tertiary/aromatic N) is 5. The molecule has 11 rings (SSSR count). The van der Waals surface area contributed by atoms with Crippen LogP contribution in [0.1, 0.15) is 0 Å². The Morgan fingerprint density at radius 1 is 0.375 bits per heavy atom. The topological polar surface area (TPSA) is 77.6 Å². The van der Waals surface area contributed by atoms with E-state index in [-0.39, 0.29) is 0 Å². The minimum Gasteiger partial charge on any atom is -0.456 e. The molecule has 7 aromatic carbocycles. The third-order valence-corrected chi connectivity index (χ3v) is 11.3. The molecule has 0 aliphatic heterocycles. The van der Waals surface area contributed by atoms with E-state index in [0.29, 0.717) is 23.3 Å². The van der Waals surface area contributed by atoms with Crippen LogP contribution in [-0.4, -0.2) is 24.9 Å². The third kappa shape index (κ3) is 5.52. The molecule has 11 aromatic rings. The van der Waals surface area contributed by atoms with Crippen molar-refractivity contribution < 1.29 is 4.42 Å². The summed E-state index contributed by atoms with van der Waals surface area (Å²) >= 11 is 1.72. The van der Waals surface area contributed by atoms with Crippen LogP contribution in [0.25, 0.3) is 110 Å². The Morgan fingerprint density at radius 2 is 0.982 bits per heavy atom. The van der Waals surface area contributed by atoms with Gasteiger partial charge in [0.2, 0.25) is 0 Å². The van der Waals surface area contributed by atoms with Crippen LogP contribution in [0.5, 0.6) is 0 Å². The van der Waals surface area contributed by atoms with Gasteiger partial charge >= 0.3 is 0 Å². The first-order valence-electron chi connectivity index (χ1n) is 18.4. The molecule has 0 N–H and O–H groups in total. The molecule has 0 bridgehead atoms. The number of furan rings is 1. The Balaban J connectivity index is 1.09. The Kier molecular flexibility index (Phi) is 7.57. The average molecular weight is 736 g/mol. The number of rotatable bonds is 6. The van der Waals surface area contributed by atoms with Gasteiger partial charge in [0.25, 0.3) is 0 Å². The second-order valence-corrected chi connectivity index (χ2v) is 14.7. The van der Waals surface area contributed by atoms with Crippen LogP contribution in [0.15, 0.2) is 180 Å². The monoisotopic (exact) mass is 735 g/mol. The lowest BCUT2D eigenvalue weighted by atomic mass is 10.0. The van der Waals surface area contributed by atoms with E-state index >= 15 is 0 Å². The van der Waals surface area contributed by atoms with Crippen LogP contribution >= 0.6 is 11.3 Å². The van der Waals surface area contributed by atoms with E-state index in [2.05, 4.69) is 109 Å². The van der Waals surface area contributed by atoms with Crippen molar-refractivity contribution >= 4 is 53.6 Å². The van der Waals surface area contributed by atoms with Gasteiger partial charge in [-0.1, -0.05) is 146 Å². The van der Waals surface area contributed by atoms with E-state index < -0.39 is 0 Å². The van der Waals surface area contributed by atoms with Crippen molar-refractivity contribution in [2.24, 2.45) is 0 Å². The Bertz CT molecular complexity index is 3250. The molecule has 0 radical (unpaired) electrons. The van der Waals surface area contributed by atoms with Crippen LogP contribution in [0.3, 0.4) is 0 Å². The van der Waals surface area contributed by atoms with Gasteiger partial charge in [0.05, 0.1) is 15.9 Å². The van der Waals surface area contributed by atoms with E-state index in [9.17, 15) is 0 Å². The first kappa shape index (κ1) is 32.1. The molecule has 7 heteroatoms. The zero-order valence-electron chi connectivity index (χ0n) is 29.8. The highest BCUT2D eigenvalue weighted by Gasteiger charge is 2.21. The predicted octanol–water partition coefficient (Wildman–Crippen LogP) is 12.9. The molecule has 4 heterocycles. The summed E-state index contributed by atoms with van der Waals surface area (Å²) in [7, 11) is 0. The first-order valence-corrected chi connectivity index (χ1v) is 19.2. The van der Waals surface area contributed by atoms with Crippen molar-refractivity contribution in [2.75, 3.05) is 0 Å². The zero-order chi connectivity index (χ0) is 37.0. The summed E-state index contributed by atoms with van der Waals surface area (Å²) in [5.74, 6) is 2.47. The fraction of sp³-hybridized carbons (Fsp3) is 0. The van der Waals surface area contributed by atoms with Gasteiger partial charge in [0.1, 0.15) is 11.2 Å². The Morgan fingerprint density at radius 3 is 1.75 bits per heavy atom. The smallest absolute Gasteiger partial charge is 0.164 e. The maximum absolute atomic E-state index is 6.65. The van der Waals surface area contributed by atoms with Gasteiger partial charge < -0.3 is 4.42 Å². The summed E-state index contributed by atoms with van der Waals surface area (Å²) in [5, 5.41) is 3.04. The van der Waals surface area contributed by atoms with Gasteiger partial charge in [-0.25, -0.2) is 24.9 Å². The summed E-state index contributed by atoms with van der Waals surface area (Å²) in [4.78, 5) is 25.6. The van der Waals surface area contributed by atoms with E-state index in [1.165, 1.54) is 4.70 Å². The highest BCUT2D eigenvalue weighted by atomic mass is 32.1. The SMILES string of the molecule is c1ccc(-c2cccc(-c3nc(-c4ccccc4)nc(-c4cccc5oc6cc(-c7nc(-c8ccccc8)nc8c7sc7ccccc78)ccc6c45)n3)c2)cc1. The summed E-state index contributed by atoms with van der Waals surface area (Å²) < 4.78 is 8.87. The molecule has 0 amide bonds. The molecular weight excluding hydrogens is 707 g/mol. The van der Waals surface area contributed by atoms with Crippen molar-refractivity contribution in [2.45, 2.75) is 0 Å². The van der Waals surface area contributed by atoms with E-state index in [0.717, 1.165) is 82.2 Å². The minimum absolute atomic E-state index is 0.576. The minimum atomic E-state index is 0.576. The van der Waals surface area contributed by atoms with Gasteiger partial charge in [0, 0.05) is 48.7 Å². The van der Waals surface area contributed by atoms with Crippen molar-refractivity contribution in [3.05, 3.63) is 176 Å². The number of hydrogen-bond donors (Lipinski definition) is 0. The summed E-state index contributed by atoms with van der Waals surface area (Å²) in [6.45, 7) is 0. The van der Waals surface area contributed by atoms with Crippen LogP contribution < -0.4 is 0 Å². The standard InChI is InChI=1S/C49H29N5OS/c1-4-14-30(15-5-1)33-20-12-21-35(28-33)48-52-47(32-18-8-3-9-19-32)53-49(54-48)38-23-13-24-39-42(38)36-27-26-34(29-40(36)55-39)43-45-44(37-22-10-11-25-41(37)56-45)51-46(50-43)31-16-6-2-7-17-31/h1-29H. The fourth-order valence-corrected chi connectivity index (χ4v) is 8.63. The molecule has 0 saturated carbocycles. The maximum atomic E-state index is 6.65. The second-order valence-electron chi connectivity index (χ2n) is 13.6. The van der Waals surface area contributed by atoms with E-state index in [1.807, 2.05) is 66.7 Å². The lowest BCUT2D eigenvalue weighted by Crippen LogP contribution is -2.00. The maximum Gasteiger partial charge on any atom is 0.164 e. The van der Waals surface area contributed by atoms with Gasteiger partial charge in [-0.3, -0.25) is 0 Å². The Hall–Kier alpha value is -7.35. The van der Waals surface area contributed by atoms with Crippen LogP contribution in [0.2, 0.25) is 0 Å². The molecule has 0 spiro atoms. The third-order valence-electron chi connectivity index (χ3n) is 10.2. The quantitative estimate of drug-likeness (QED) is 0.169. The molecule has 4 aromatic heterocycles. The highest BCUT2D eigenvalue weighted by Crippen LogP contribution is 2.42. The van der Waals surface area contributed by atoms with Crippen molar-refractivity contribution in [1.82, 2.24) is 24.9 Å². The number of hydrogen-bond acceptors (Lipinski definition) is 7. The van der Waals surface area contributed by atoms with Crippen LogP contribution in [0, 0.1) is 0 Å². The largest absolute Gasteiger partial charge is 0.456 e. The number of fused-ring (bicyclic) bond motifs is 6. The van der Waals surface area contributed by atoms with Crippen LogP contribution in [-0.2, 0) is 0 Å². The molecule has 0 saturated heterocycles. The molecule has 0 aliphatic carbocycles. The van der Waals surface area contributed by atoms with E-state index in [4.69, 9.17) is 29.3 Å². The van der Waals surface area contributed by atoms with E-state index in [1.54, 1.807) is 11.3 Å². The summed E-state index contributed by atoms with van der Waals surface area (Å²) in [6, 6.07) is 59.8. The molecule has 0 atom stereocenters. The zero-order valence-corrected chi connectivity index (χ0v) is 30.6. The summed E-state index contributed by atoms with van der Waals surface area (Å²) in [6.07, 6.45) is 0.